The molecule has 0 spiro atoms. The van der Waals surface area contributed by atoms with Gasteiger partial charge in [-0.3, -0.25) is 4.98 Å². The first-order valence-corrected chi connectivity index (χ1v) is 9.23. The van der Waals surface area contributed by atoms with Gasteiger partial charge in [0.1, 0.15) is 5.82 Å². The van der Waals surface area contributed by atoms with Crippen LogP contribution >= 0.6 is 0 Å². The highest BCUT2D eigenvalue weighted by Gasteiger charge is 2.22. The second kappa shape index (κ2) is 7.61. The minimum atomic E-state index is -0.109. The Morgan fingerprint density at radius 1 is 1.07 bits per heavy atom. The van der Waals surface area contributed by atoms with Crippen LogP contribution in [0.2, 0.25) is 0 Å². The summed E-state index contributed by atoms with van der Waals surface area (Å²) in [7, 11) is 1.64. The molecular formula is C19H23N7O. The first-order chi connectivity index (χ1) is 13.2. The molecule has 8 heteroatoms. The van der Waals surface area contributed by atoms with Crippen molar-refractivity contribution < 1.29 is 4.79 Å². The molecule has 0 aromatic carbocycles. The molecule has 2 amide bonds. The Morgan fingerprint density at radius 2 is 1.81 bits per heavy atom. The van der Waals surface area contributed by atoms with Crippen molar-refractivity contribution in [3.05, 3.63) is 42.9 Å². The van der Waals surface area contributed by atoms with Gasteiger partial charge in [0.2, 0.25) is 0 Å². The van der Waals surface area contributed by atoms with E-state index in [4.69, 9.17) is 5.10 Å². The third-order valence-electron chi connectivity index (χ3n) is 4.98. The fourth-order valence-electron chi connectivity index (χ4n) is 3.52. The zero-order chi connectivity index (χ0) is 18.6. The smallest absolute Gasteiger partial charge is 0.314 e. The van der Waals surface area contributed by atoms with Gasteiger partial charge in [-0.05, 0) is 49.9 Å². The highest BCUT2D eigenvalue weighted by atomic mass is 16.2. The SMILES string of the molecule is CNC(=O)NC1CCC(Nc2ccc3ncc(-c4ccncc4)n3n2)CC1. The molecule has 3 N–H and O–H groups in total. The van der Waals surface area contributed by atoms with Crippen LogP contribution in [0.4, 0.5) is 10.6 Å². The normalized spacial score (nSPS) is 19.6. The number of rotatable bonds is 4. The summed E-state index contributed by atoms with van der Waals surface area (Å²) in [4.78, 5) is 19.9. The molecule has 3 aromatic rings. The van der Waals surface area contributed by atoms with Crippen molar-refractivity contribution >= 4 is 17.5 Å². The molecule has 3 aromatic heterocycles. The maximum atomic E-state index is 11.4. The van der Waals surface area contributed by atoms with Gasteiger partial charge < -0.3 is 16.0 Å². The maximum Gasteiger partial charge on any atom is 0.314 e. The number of hydrogen-bond acceptors (Lipinski definition) is 5. The first-order valence-electron chi connectivity index (χ1n) is 9.23. The van der Waals surface area contributed by atoms with Crippen molar-refractivity contribution in [1.29, 1.82) is 0 Å². The summed E-state index contributed by atoms with van der Waals surface area (Å²) >= 11 is 0. The molecule has 3 heterocycles. The van der Waals surface area contributed by atoms with E-state index in [-0.39, 0.29) is 12.1 Å². The maximum absolute atomic E-state index is 11.4. The van der Waals surface area contributed by atoms with Crippen molar-refractivity contribution in [1.82, 2.24) is 30.2 Å². The standard InChI is InChI=1S/C19H23N7O/c1-20-19(27)24-15-4-2-14(3-5-15)23-17-6-7-18-22-12-16(26(18)25-17)13-8-10-21-11-9-13/h6-12,14-15H,2-5H2,1H3,(H,23,25)(H2,20,24,27). The molecule has 0 radical (unpaired) electrons. The largest absolute Gasteiger partial charge is 0.366 e. The molecule has 8 nitrogen and oxygen atoms in total. The number of nitrogens with one attached hydrogen (secondary N) is 3. The van der Waals surface area contributed by atoms with Gasteiger partial charge in [-0.25, -0.2) is 14.3 Å². The van der Waals surface area contributed by atoms with Gasteiger partial charge in [0.05, 0.1) is 11.9 Å². The van der Waals surface area contributed by atoms with Crippen molar-refractivity contribution in [2.75, 3.05) is 12.4 Å². The summed E-state index contributed by atoms with van der Waals surface area (Å²) in [5.41, 5.74) is 2.78. The molecule has 0 atom stereocenters. The highest BCUT2D eigenvalue weighted by molar-refractivity contribution is 5.73. The monoisotopic (exact) mass is 365 g/mol. The number of nitrogens with zero attached hydrogens (tertiary/aromatic N) is 4. The minimum absolute atomic E-state index is 0.109. The van der Waals surface area contributed by atoms with Crippen LogP contribution in [0.25, 0.3) is 16.9 Å². The molecule has 0 saturated heterocycles. The van der Waals surface area contributed by atoms with Crippen LogP contribution in [0.1, 0.15) is 25.7 Å². The Balaban J connectivity index is 1.45. The summed E-state index contributed by atoms with van der Waals surface area (Å²) < 4.78 is 1.86. The summed E-state index contributed by atoms with van der Waals surface area (Å²) in [6.45, 7) is 0. The second-order valence-electron chi connectivity index (χ2n) is 6.78. The lowest BCUT2D eigenvalue weighted by molar-refractivity contribution is 0.234. The number of urea groups is 1. The van der Waals surface area contributed by atoms with Crippen LogP contribution < -0.4 is 16.0 Å². The Labute approximate surface area is 157 Å². The van der Waals surface area contributed by atoms with E-state index in [1.165, 1.54) is 0 Å². The quantitative estimate of drug-likeness (QED) is 0.660. The topological polar surface area (TPSA) is 96.2 Å². The molecule has 1 saturated carbocycles. The molecule has 0 bridgehead atoms. The number of hydrogen-bond donors (Lipinski definition) is 3. The van der Waals surface area contributed by atoms with Gasteiger partial charge in [-0.2, -0.15) is 0 Å². The molecular weight excluding hydrogens is 342 g/mol. The number of carbonyl (C=O) groups is 1. The van der Waals surface area contributed by atoms with E-state index in [1.807, 2.05) is 35.0 Å². The van der Waals surface area contributed by atoms with Crippen LogP contribution in [0.15, 0.2) is 42.9 Å². The Hall–Kier alpha value is -3.16. The number of anilines is 1. The number of fused-ring (bicyclic) bond motifs is 1. The van der Waals surface area contributed by atoms with Crippen LogP contribution in [0.5, 0.6) is 0 Å². The van der Waals surface area contributed by atoms with E-state index in [2.05, 4.69) is 25.9 Å². The Bertz CT molecular complexity index is 916. The average molecular weight is 365 g/mol. The Morgan fingerprint density at radius 3 is 2.56 bits per heavy atom. The van der Waals surface area contributed by atoms with E-state index in [0.717, 1.165) is 48.4 Å². The summed E-state index contributed by atoms with van der Waals surface area (Å²) in [6.07, 6.45) is 9.27. The third kappa shape index (κ3) is 3.84. The molecule has 0 unspecified atom stereocenters. The van der Waals surface area contributed by atoms with Crippen molar-refractivity contribution in [2.45, 2.75) is 37.8 Å². The van der Waals surface area contributed by atoms with Gasteiger partial charge in [0.25, 0.3) is 0 Å². The summed E-state index contributed by atoms with van der Waals surface area (Å²) in [5.74, 6) is 0.832. The van der Waals surface area contributed by atoms with Gasteiger partial charge in [0, 0.05) is 37.1 Å². The van der Waals surface area contributed by atoms with Gasteiger partial charge in [-0.15, -0.1) is 5.10 Å². The molecule has 140 valence electrons. The number of aromatic nitrogens is 4. The van der Waals surface area contributed by atoms with Crippen LogP contribution in [0, 0.1) is 0 Å². The van der Waals surface area contributed by atoms with Gasteiger partial charge >= 0.3 is 6.03 Å². The number of pyridine rings is 1. The number of carbonyl (C=O) groups excluding carboxylic acids is 1. The lowest BCUT2D eigenvalue weighted by atomic mass is 9.91. The Kier molecular flexibility index (Phi) is 4.86. The number of amides is 2. The highest BCUT2D eigenvalue weighted by Crippen LogP contribution is 2.23. The van der Waals surface area contributed by atoms with Crippen LogP contribution in [-0.4, -0.2) is 44.7 Å². The van der Waals surface area contributed by atoms with E-state index in [1.54, 1.807) is 19.4 Å². The lowest BCUT2D eigenvalue weighted by Crippen LogP contribution is -2.43. The fourth-order valence-corrected chi connectivity index (χ4v) is 3.52. The van der Waals surface area contributed by atoms with Crippen molar-refractivity contribution in [2.24, 2.45) is 0 Å². The fraction of sp³-hybridized carbons (Fsp3) is 0.368. The molecule has 0 aliphatic heterocycles. The van der Waals surface area contributed by atoms with Crippen molar-refractivity contribution in [3.63, 3.8) is 0 Å². The van der Waals surface area contributed by atoms with E-state index >= 15 is 0 Å². The molecule has 4 rings (SSSR count). The second-order valence-corrected chi connectivity index (χ2v) is 6.78. The zero-order valence-electron chi connectivity index (χ0n) is 15.2. The molecule has 1 fully saturated rings. The van der Waals surface area contributed by atoms with Gasteiger partial charge in [-0.1, -0.05) is 0 Å². The summed E-state index contributed by atoms with van der Waals surface area (Å²) in [5, 5.41) is 13.9. The van der Waals surface area contributed by atoms with E-state index in [9.17, 15) is 4.79 Å². The van der Waals surface area contributed by atoms with Crippen LogP contribution in [0.3, 0.4) is 0 Å². The van der Waals surface area contributed by atoms with E-state index in [0.29, 0.717) is 6.04 Å². The molecule has 27 heavy (non-hydrogen) atoms. The zero-order valence-corrected chi connectivity index (χ0v) is 15.2. The lowest BCUT2D eigenvalue weighted by Gasteiger charge is -2.29. The first kappa shape index (κ1) is 17.3. The average Bonchev–Trinajstić information content (AvgIpc) is 3.13. The van der Waals surface area contributed by atoms with Crippen molar-refractivity contribution in [3.8, 4) is 11.3 Å². The summed E-state index contributed by atoms with van der Waals surface area (Å²) in [6, 6.07) is 8.32. The predicted molar refractivity (Wildman–Crippen MR) is 103 cm³/mol. The van der Waals surface area contributed by atoms with Crippen LogP contribution in [-0.2, 0) is 0 Å². The van der Waals surface area contributed by atoms with Gasteiger partial charge in [0.15, 0.2) is 5.65 Å². The predicted octanol–water partition coefficient (Wildman–Crippen LogP) is 2.44. The molecule has 1 aliphatic rings. The minimum Gasteiger partial charge on any atom is -0.366 e. The molecule has 1 aliphatic carbocycles. The number of imidazole rings is 1. The third-order valence-corrected chi connectivity index (χ3v) is 4.98. The van der Waals surface area contributed by atoms with E-state index < -0.39 is 0 Å².